The molecule has 1 saturated heterocycles. The van der Waals surface area contributed by atoms with E-state index in [-0.39, 0.29) is 12.5 Å². The normalized spacial score (nSPS) is 15.5. The van der Waals surface area contributed by atoms with E-state index in [1.54, 1.807) is 12.5 Å². The number of anilines is 1. The molecule has 160 valence electrons. The van der Waals surface area contributed by atoms with E-state index in [9.17, 15) is 13.2 Å². The fourth-order valence-corrected chi connectivity index (χ4v) is 3.79. The van der Waals surface area contributed by atoms with Crippen molar-refractivity contribution in [3.8, 4) is 0 Å². The molecule has 1 aliphatic rings. The summed E-state index contributed by atoms with van der Waals surface area (Å²) in [5, 5.41) is 3.35. The van der Waals surface area contributed by atoms with Crippen molar-refractivity contribution in [2.75, 3.05) is 25.0 Å². The zero-order valence-electron chi connectivity index (χ0n) is 17.1. The van der Waals surface area contributed by atoms with E-state index in [1.807, 2.05) is 28.8 Å². The van der Waals surface area contributed by atoms with Gasteiger partial charge in [0.15, 0.2) is 0 Å². The minimum atomic E-state index is -4.09. The number of nitrogens with one attached hydrogen (secondary N) is 1. The molecule has 30 heavy (non-hydrogen) atoms. The highest BCUT2D eigenvalue weighted by Gasteiger charge is 2.33. The lowest BCUT2D eigenvalue weighted by molar-refractivity contribution is -0.140. The smallest absolute Gasteiger partial charge is 0.366 e. The van der Waals surface area contributed by atoms with E-state index in [0.29, 0.717) is 19.6 Å². The molecular formula is C21H25F3N6. The lowest BCUT2D eigenvalue weighted by atomic mass is 9.93. The van der Waals surface area contributed by atoms with Crippen LogP contribution < -0.4 is 5.32 Å². The van der Waals surface area contributed by atoms with Crippen LogP contribution in [-0.4, -0.2) is 50.2 Å². The van der Waals surface area contributed by atoms with E-state index in [2.05, 4.69) is 33.3 Å². The van der Waals surface area contributed by atoms with Gasteiger partial charge >= 0.3 is 6.18 Å². The second-order valence-electron chi connectivity index (χ2n) is 7.82. The topological polar surface area (TPSA) is 58.9 Å². The van der Waals surface area contributed by atoms with Crippen molar-refractivity contribution < 1.29 is 13.2 Å². The van der Waals surface area contributed by atoms with Crippen molar-refractivity contribution in [1.82, 2.24) is 24.4 Å². The summed E-state index contributed by atoms with van der Waals surface area (Å²) in [6.07, 6.45) is 1.41. The Balaban J connectivity index is 1.37. The van der Waals surface area contributed by atoms with Crippen LogP contribution in [0.3, 0.4) is 0 Å². The summed E-state index contributed by atoms with van der Waals surface area (Å²) in [6, 6.07) is 4.07. The number of alkyl halides is 3. The first kappa shape index (κ1) is 20.6. The van der Waals surface area contributed by atoms with Gasteiger partial charge in [-0.25, -0.2) is 9.97 Å². The molecule has 3 aromatic rings. The lowest BCUT2D eigenvalue weighted by Crippen LogP contribution is -2.46. The first-order chi connectivity index (χ1) is 14.3. The van der Waals surface area contributed by atoms with Crippen LogP contribution in [0.25, 0.3) is 11.0 Å². The Morgan fingerprint density at radius 2 is 1.90 bits per heavy atom. The van der Waals surface area contributed by atoms with Gasteiger partial charge in [-0.05, 0) is 23.6 Å². The maximum Gasteiger partial charge on any atom is 0.390 e. The first-order valence-corrected chi connectivity index (χ1v) is 10.1. The maximum atomic E-state index is 12.4. The number of pyridine rings is 2. The van der Waals surface area contributed by atoms with Crippen molar-refractivity contribution >= 4 is 16.9 Å². The van der Waals surface area contributed by atoms with E-state index < -0.39 is 12.6 Å². The standard InChI is InChI=1S/C21H25F3N6/c1-3-14-6-17(16-11-30(12-16)5-4-21(22,23)24)25-8-15(14)9-26-20-7-19-18(10-27-20)28-13-29(19)2/h6-8,10,13,16H,3-5,9,11-12H2,1-2H3,(H,26,27). The summed E-state index contributed by atoms with van der Waals surface area (Å²) >= 11 is 0. The van der Waals surface area contributed by atoms with Gasteiger partial charge in [0.1, 0.15) is 11.3 Å². The molecule has 0 unspecified atom stereocenters. The number of nitrogens with zero attached hydrogens (tertiary/aromatic N) is 5. The molecule has 1 N–H and O–H groups in total. The number of aromatic nitrogens is 4. The minimum Gasteiger partial charge on any atom is -0.366 e. The number of aryl methyl sites for hydroxylation is 2. The predicted molar refractivity (Wildman–Crippen MR) is 109 cm³/mol. The highest BCUT2D eigenvalue weighted by Crippen LogP contribution is 2.29. The average Bonchev–Trinajstić information content (AvgIpc) is 3.05. The van der Waals surface area contributed by atoms with Crippen LogP contribution in [-0.2, 0) is 20.0 Å². The van der Waals surface area contributed by atoms with Crippen molar-refractivity contribution in [3.63, 3.8) is 0 Å². The van der Waals surface area contributed by atoms with E-state index in [1.165, 1.54) is 5.56 Å². The Bertz CT molecular complexity index is 1020. The molecule has 1 aliphatic heterocycles. The third-order valence-corrected chi connectivity index (χ3v) is 5.64. The molecule has 0 aliphatic carbocycles. The fourth-order valence-electron chi connectivity index (χ4n) is 3.79. The fraction of sp³-hybridized carbons (Fsp3) is 0.476. The molecule has 6 nitrogen and oxygen atoms in total. The second-order valence-corrected chi connectivity index (χ2v) is 7.82. The number of fused-ring (bicyclic) bond motifs is 1. The van der Waals surface area contributed by atoms with Gasteiger partial charge in [0.25, 0.3) is 0 Å². The van der Waals surface area contributed by atoms with Crippen molar-refractivity contribution in [2.45, 2.75) is 38.4 Å². The highest BCUT2D eigenvalue weighted by molar-refractivity contribution is 5.77. The van der Waals surface area contributed by atoms with Gasteiger partial charge in [0.2, 0.25) is 0 Å². The van der Waals surface area contributed by atoms with Gasteiger partial charge in [0.05, 0.1) is 24.5 Å². The summed E-state index contributed by atoms with van der Waals surface area (Å²) in [4.78, 5) is 15.1. The molecule has 0 amide bonds. The third kappa shape index (κ3) is 4.56. The van der Waals surface area contributed by atoms with E-state index in [0.717, 1.165) is 34.5 Å². The van der Waals surface area contributed by atoms with Crippen LogP contribution in [0.5, 0.6) is 0 Å². The van der Waals surface area contributed by atoms with E-state index in [4.69, 9.17) is 0 Å². The SMILES string of the molecule is CCc1cc(C2CN(CCC(F)(F)F)C2)ncc1CNc1cc2c(cn1)ncn2C. The molecule has 0 aromatic carbocycles. The Morgan fingerprint density at radius 1 is 1.10 bits per heavy atom. The van der Waals surface area contributed by atoms with Crippen molar-refractivity contribution in [3.05, 3.63) is 47.7 Å². The molecule has 0 atom stereocenters. The van der Waals surface area contributed by atoms with Gasteiger partial charge in [-0.3, -0.25) is 4.98 Å². The number of halogens is 3. The van der Waals surface area contributed by atoms with Crippen LogP contribution in [0.1, 0.15) is 36.1 Å². The predicted octanol–water partition coefficient (Wildman–Crippen LogP) is 3.89. The largest absolute Gasteiger partial charge is 0.390 e. The van der Waals surface area contributed by atoms with Gasteiger partial charge in [-0.2, -0.15) is 13.2 Å². The number of hydrogen-bond donors (Lipinski definition) is 1. The molecule has 0 spiro atoms. The molecule has 4 rings (SSSR count). The molecule has 4 heterocycles. The molecule has 3 aromatic heterocycles. The molecular weight excluding hydrogens is 393 g/mol. The monoisotopic (exact) mass is 418 g/mol. The lowest BCUT2D eigenvalue weighted by Gasteiger charge is -2.39. The third-order valence-electron chi connectivity index (χ3n) is 5.64. The quantitative estimate of drug-likeness (QED) is 0.631. The van der Waals surface area contributed by atoms with E-state index >= 15 is 0 Å². The molecule has 9 heteroatoms. The zero-order valence-corrected chi connectivity index (χ0v) is 17.1. The summed E-state index contributed by atoms with van der Waals surface area (Å²) in [5.41, 5.74) is 5.13. The van der Waals surface area contributed by atoms with Crippen LogP contribution in [0.15, 0.2) is 30.9 Å². The molecule has 0 bridgehead atoms. The maximum absolute atomic E-state index is 12.4. The van der Waals surface area contributed by atoms with Crippen LogP contribution in [0, 0.1) is 0 Å². The molecule has 0 saturated carbocycles. The zero-order chi connectivity index (χ0) is 21.3. The Hall–Kier alpha value is -2.68. The highest BCUT2D eigenvalue weighted by atomic mass is 19.4. The summed E-state index contributed by atoms with van der Waals surface area (Å²) in [5.74, 6) is 0.982. The second kappa shape index (κ2) is 8.22. The number of likely N-dealkylation sites (tertiary alicyclic amines) is 1. The number of imidazole rings is 1. The van der Waals surface area contributed by atoms with Crippen molar-refractivity contribution in [1.29, 1.82) is 0 Å². The minimum absolute atomic E-state index is 0.0661. The molecule has 1 fully saturated rings. The van der Waals surface area contributed by atoms with Gasteiger partial charge in [0, 0.05) is 57.1 Å². The van der Waals surface area contributed by atoms with Crippen molar-refractivity contribution in [2.24, 2.45) is 7.05 Å². The first-order valence-electron chi connectivity index (χ1n) is 10.1. The number of hydrogen-bond acceptors (Lipinski definition) is 5. The van der Waals surface area contributed by atoms with Gasteiger partial charge in [-0.15, -0.1) is 0 Å². The van der Waals surface area contributed by atoms with Gasteiger partial charge in [-0.1, -0.05) is 6.92 Å². The Labute approximate surface area is 173 Å². The Kier molecular flexibility index (Phi) is 5.64. The molecule has 0 radical (unpaired) electrons. The van der Waals surface area contributed by atoms with Crippen LogP contribution in [0.4, 0.5) is 19.0 Å². The number of rotatable bonds is 7. The summed E-state index contributed by atoms with van der Waals surface area (Å²) in [6.45, 7) is 4.04. The van der Waals surface area contributed by atoms with Crippen LogP contribution in [0.2, 0.25) is 0 Å². The van der Waals surface area contributed by atoms with Gasteiger partial charge < -0.3 is 14.8 Å². The Morgan fingerprint density at radius 3 is 2.63 bits per heavy atom. The van der Waals surface area contributed by atoms with Crippen LogP contribution >= 0.6 is 0 Å². The summed E-state index contributed by atoms with van der Waals surface area (Å²) in [7, 11) is 1.95. The summed E-state index contributed by atoms with van der Waals surface area (Å²) < 4.78 is 39.0. The average molecular weight is 418 g/mol.